The standard InChI is InChI=1S/C18H24N4O2/c1-19-17(13-10-20-22(2)11-13)18(23)21-16-6-4-5-12-9-14(24-3)7-8-15(12)16/h7-11,16-17,19H,4-6H2,1-3H3,(H,21,23). The van der Waals surface area contributed by atoms with Gasteiger partial charge in [-0.25, -0.2) is 0 Å². The highest BCUT2D eigenvalue weighted by Crippen LogP contribution is 2.32. The lowest BCUT2D eigenvalue weighted by atomic mass is 9.87. The molecule has 6 nitrogen and oxygen atoms in total. The van der Waals surface area contributed by atoms with Crippen LogP contribution in [-0.4, -0.2) is 29.8 Å². The molecule has 0 saturated carbocycles. The van der Waals surface area contributed by atoms with Crippen molar-refractivity contribution in [2.45, 2.75) is 31.3 Å². The topological polar surface area (TPSA) is 68.2 Å². The summed E-state index contributed by atoms with van der Waals surface area (Å²) in [4.78, 5) is 12.7. The van der Waals surface area contributed by atoms with Gasteiger partial charge in [0, 0.05) is 18.8 Å². The largest absolute Gasteiger partial charge is 0.497 e. The molecule has 1 aromatic carbocycles. The Bertz CT molecular complexity index is 726. The van der Waals surface area contributed by atoms with Gasteiger partial charge in [-0.1, -0.05) is 6.07 Å². The summed E-state index contributed by atoms with van der Waals surface area (Å²) in [5.74, 6) is 0.836. The van der Waals surface area contributed by atoms with Crippen molar-refractivity contribution >= 4 is 5.91 Å². The molecule has 0 bridgehead atoms. The van der Waals surface area contributed by atoms with E-state index in [0.717, 1.165) is 30.6 Å². The number of ether oxygens (including phenoxy) is 1. The number of nitrogens with one attached hydrogen (secondary N) is 2. The number of likely N-dealkylation sites (N-methyl/N-ethyl adjacent to an activating group) is 1. The van der Waals surface area contributed by atoms with Gasteiger partial charge in [0.15, 0.2) is 0 Å². The van der Waals surface area contributed by atoms with Crippen LogP contribution in [0.2, 0.25) is 0 Å². The Labute approximate surface area is 142 Å². The maximum absolute atomic E-state index is 12.7. The minimum atomic E-state index is -0.401. The predicted molar refractivity (Wildman–Crippen MR) is 91.8 cm³/mol. The van der Waals surface area contributed by atoms with Gasteiger partial charge in [0.05, 0.1) is 19.3 Å². The second kappa shape index (κ2) is 7.05. The first kappa shape index (κ1) is 16.5. The first-order chi connectivity index (χ1) is 11.6. The van der Waals surface area contributed by atoms with E-state index in [1.807, 2.05) is 19.3 Å². The predicted octanol–water partition coefficient (Wildman–Crippen LogP) is 1.88. The maximum atomic E-state index is 12.7. The van der Waals surface area contributed by atoms with Crippen LogP contribution in [0.3, 0.4) is 0 Å². The van der Waals surface area contributed by atoms with Crippen molar-refractivity contribution in [1.82, 2.24) is 20.4 Å². The zero-order valence-corrected chi connectivity index (χ0v) is 14.4. The van der Waals surface area contributed by atoms with Gasteiger partial charge in [0.25, 0.3) is 0 Å². The number of hydrogen-bond acceptors (Lipinski definition) is 4. The molecule has 0 fully saturated rings. The number of carbonyl (C=O) groups is 1. The Balaban J connectivity index is 1.78. The second-order valence-electron chi connectivity index (χ2n) is 6.19. The van der Waals surface area contributed by atoms with E-state index < -0.39 is 6.04 Å². The number of rotatable bonds is 5. The molecule has 2 aromatic rings. The Morgan fingerprint density at radius 1 is 1.46 bits per heavy atom. The molecule has 0 aliphatic heterocycles. The SMILES string of the molecule is CNC(C(=O)NC1CCCc2cc(OC)ccc21)c1cnn(C)c1. The van der Waals surface area contributed by atoms with Crippen LogP contribution in [-0.2, 0) is 18.3 Å². The molecule has 6 heteroatoms. The van der Waals surface area contributed by atoms with Gasteiger partial charge in [0.2, 0.25) is 5.91 Å². The fraction of sp³-hybridized carbons (Fsp3) is 0.444. The first-order valence-electron chi connectivity index (χ1n) is 8.25. The molecule has 1 aromatic heterocycles. The van der Waals surface area contributed by atoms with Crippen LogP contribution in [0, 0.1) is 0 Å². The van der Waals surface area contributed by atoms with Crippen LogP contribution in [0.1, 0.15) is 41.6 Å². The van der Waals surface area contributed by atoms with Gasteiger partial charge >= 0.3 is 0 Å². The summed E-state index contributed by atoms with van der Waals surface area (Å²) in [6.07, 6.45) is 6.62. The molecule has 1 heterocycles. The highest BCUT2D eigenvalue weighted by Gasteiger charge is 2.26. The molecule has 1 amide bonds. The van der Waals surface area contributed by atoms with Gasteiger partial charge in [-0.05, 0) is 49.6 Å². The number of aryl methyl sites for hydroxylation is 2. The highest BCUT2D eigenvalue weighted by molar-refractivity contribution is 5.83. The Hall–Kier alpha value is -2.34. The summed E-state index contributed by atoms with van der Waals surface area (Å²) in [5, 5.41) is 10.4. The average molecular weight is 328 g/mol. The van der Waals surface area contributed by atoms with Crippen molar-refractivity contribution in [3.8, 4) is 5.75 Å². The Morgan fingerprint density at radius 3 is 2.96 bits per heavy atom. The monoisotopic (exact) mass is 328 g/mol. The van der Waals surface area contributed by atoms with Gasteiger partial charge in [-0.15, -0.1) is 0 Å². The van der Waals surface area contributed by atoms with Crippen LogP contribution in [0.4, 0.5) is 0 Å². The quantitative estimate of drug-likeness (QED) is 0.879. The van der Waals surface area contributed by atoms with E-state index in [2.05, 4.69) is 27.9 Å². The minimum Gasteiger partial charge on any atom is -0.497 e. The summed E-state index contributed by atoms with van der Waals surface area (Å²) in [7, 11) is 5.31. The van der Waals surface area contributed by atoms with Crippen molar-refractivity contribution in [3.05, 3.63) is 47.3 Å². The lowest BCUT2D eigenvalue weighted by Gasteiger charge is -2.28. The van der Waals surface area contributed by atoms with E-state index in [1.54, 1.807) is 25.0 Å². The highest BCUT2D eigenvalue weighted by atomic mass is 16.5. The molecule has 0 spiro atoms. The van der Waals surface area contributed by atoms with Crippen LogP contribution < -0.4 is 15.4 Å². The molecular formula is C18H24N4O2. The van der Waals surface area contributed by atoms with E-state index in [0.29, 0.717) is 0 Å². The molecule has 2 atom stereocenters. The summed E-state index contributed by atoms with van der Waals surface area (Å²) in [6.45, 7) is 0. The van der Waals surface area contributed by atoms with E-state index in [1.165, 1.54) is 11.1 Å². The van der Waals surface area contributed by atoms with Gasteiger partial charge in [-0.2, -0.15) is 5.10 Å². The molecule has 1 aliphatic rings. The van der Waals surface area contributed by atoms with Crippen molar-refractivity contribution in [1.29, 1.82) is 0 Å². The molecule has 0 radical (unpaired) electrons. The lowest BCUT2D eigenvalue weighted by molar-refractivity contribution is -0.124. The van der Waals surface area contributed by atoms with Crippen molar-refractivity contribution in [3.63, 3.8) is 0 Å². The number of methoxy groups -OCH3 is 1. The van der Waals surface area contributed by atoms with Crippen LogP contribution in [0.15, 0.2) is 30.6 Å². The maximum Gasteiger partial charge on any atom is 0.242 e. The molecule has 2 unspecified atom stereocenters. The molecule has 2 N–H and O–H groups in total. The fourth-order valence-electron chi connectivity index (χ4n) is 3.36. The fourth-order valence-corrected chi connectivity index (χ4v) is 3.36. The molecular weight excluding hydrogens is 304 g/mol. The minimum absolute atomic E-state index is 0.0285. The van der Waals surface area contributed by atoms with E-state index in [9.17, 15) is 4.79 Å². The van der Waals surface area contributed by atoms with Crippen molar-refractivity contribution in [2.24, 2.45) is 7.05 Å². The van der Waals surface area contributed by atoms with Crippen molar-refractivity contribution < 1.29 is 9.53 Å². The summed E-state index contributed by atoms with van der Waals surface area (Å²) in [6, 6.07) is 5.74. The number of benzene rings is 1. The normalized spacial score (nSPS) is 17.9. The number of amides is 1. The smallest absolute Gasteiger partial charge is 0.242 e. The van der Waals surface area contributed by atoms with E-state index >= 15 is 0 Å². The zero-order valence-electron chi connectivity index (χ0n) is 14.4. The Kier molecular flexibility index (Phi) is 4.85. The lowest BCUT2D eigenvalue weighted by Crippen LogP contribution is -2.39. The third kappa shape index (κ3) is 3.28. The molecule has 1 aliphatic carbocycles. The number of carbonyl (C=O) groups excluding carboxylic acids is 1. The molecule has 128 valence electrons. The Morgan fingerprint density at radius 2 is 2.29 bits per heavy atom. The molecule has 0 saturated heterocycles. The van der Waals surface area contributed by atoms with Gasteiger partial charge < -0.3 is 15.4 Å². The van der Waals surface area contributed by atoms with E-state index in [4.69, 9.17) is 4.74 Å². The van der Waals surface area contributed by atoms with Gasteiger partial charge in [0.1, 0.15) is 11.8 Å². The van der Waals surface area contributed by atoms with Gasteiger partial charge in [-0.3, -0.25) is 9.48 Å². The molecule has 24 heavy (non-hydrogen) atoms. The van der Waals surface area contributed by atoms with Crippen LogP contribution >= 0.6 is 0 Å². The van der Waals surface area contributed by atoms with E-state index in [-0.39, 0.29) is 11.9 Å². The second-order valence-corrected chi connectivity index (χ2v) is 6.19. The average Bonchev–Trinajstić information content (AvgIpc) is 3.01. The molecule has 3 rings (SSSR count). The number of aromatic nitrogens is 2. The zero-order chi connectivity index (χ0) is 17.1. The summed E-state index contributed by atoms with van der Waals surface area (Å²) in [5.41, 5.74) is 3.31. The number of nitrogens with zero attached hydrogens (tertiary/aromatic N) is 2. The van der Waals surface area contributed by atoms with Crippen molar-refractivity contribution in [2.75, 3.05) is 14.2 Å². The first-order valence-corrected chi connectivity index (χ1v) is 8.25. The summed E-state index contributed by atoms with van der Waals surface area (Å²) >= 11 is 0. The van der Waals surface area contributed by atoms with Crippen LogP contribution in [0.5, 0.6) is 5.75 Å². The third-order valence-corrected chi connectivity index (χ3v) is 4.59. The summed E-state index contributed by atoms with van der Waals surface area (Å²) < 4.78 is 7.01. The number of hydrogen-bond donors (Lipinski definition) is 2. The number of fused-ring (bicyclic) bond motifs is 1. The third-order valence-electron chi connectivity index (χ3n) is 4.59. The van der Waals surface area contributed by atoms with Crippen LogP contribution in [0.25, 0.3) is 0 Å².